The molecule has 0 saturated heterocycles. The minimum Gasteiger partial charge on any atom is -0.495 e. The first-order valence-corrected chi connectivity index (χ1v) is 11.9. The Balaban J connectivity index is 1.69. The van der Waals surface area contributed by atoms with Gasteiger partial charge in [0, 0.05) is 17.2 Å². The van der Waals surface area contributed by atoms with Crippen LogP contribution in [0.5, 0.6) is 11.5 Å². The molecule has 0 heterocycles. The summed E-state index contributed by atoms with van der Waals surface area (Å²) in [5.74, 6) is -0.424. The van der Waals surface area contributed by atoms with Crippen molar-refractivity contribution in [1.82, 2.24) is 15.6 Å². The summed E-state index contributed by atoms with van der Waals surface area (Å²) < 4.78 is 38.9. The highest BCUT2D eigenvalue weighted by Crippen LogP contribution is 2.27. The first-order valence-electron chi connectivity index (χ1n) is 10.4. The molecule has 32 heavy (non-hydrogen) atoms. The van der Waals surface area contributed by atoms with Gasteiger partial charge in [0.2, 0.25) is 10.0 Å². The summed E-state index contributed by atoms with van der Waals surface area (Å²) in [7, 11) is -2.52. The average Bonchev–Trinajstić information content (AvgIpc) is 3.29. The number of ether oxygens (including phenoxy) is 2. The molecule has 1 fully saturated rings. The predicted octanol–water partition coefficient (Wildman–Crippen LogP) is 2.39. The summed E-state index contributed by atoms with van der Waals surface area (Å²) >= 11 is 0. The van der Waals surface area contributed by atoms with E-state index >= 15 is 0 Å². The van der Waals surface area contributed by atoms with Crippen molar-refractivity contribution in [2.24, 2.45) is 0 Å². The first-order chi connectivity index (χ1) is 15.3. The Morgan fingerprint density at radius 2 is 1.56 bits per heavy atom. The second-order valence-corrected chi connectivity index (χ2v) is 9.02. The molecular formula is C22H27N3O6S. The maximum Gasteiger partial charge on any atom is 0.269 e. The van der Waals surface area contributed by atoms with Crippen molar-refractivity contribution in [2.45, 2.75) is 43.5 Å². The van der Waals surface area contributed by atoms with Gasteiger partial charge in [-0.25, -0.2) is 13.1 Å². The highest BCUT2D eigenvalue weighted by molar-refractivity contribution is 7.89. The lowest BCUT2D eigenvalue weighted by molar-refractivity contribution is 0.0846. The summed E-state index contributed by atoms with van der Waals surface area (Å²) in [6.07, 6.45) is 3.50. The number of amides is 2. The molecule has 0 unspecified atom stereocenters. The van der Waals surface area contributed by atoms with E-state index in [1.807, 2.05) is 6.92 Å². The van der Waals surface area contributed by atoms with Gasteiger partial charge in [-0.2, -0.15) is 0 Å². The zero-order valence-electron chi connectivity index (χ0n) is 18.0. The quantitative estimate of drug-likeness (QED) is 0.519. The number of methoxy groups -OCH3 is 1. The third kappa shape index (κ3) is 5.77. The number of carbonyl (C=O) groups is 2. The van der Waals surface area contributed by atoms with E-state index in [1.165, 1.54) is 25.3 Å². The highest BCUT2D eigenvalue weighted by atomic mass is 32.2. The van der Waals surface area contributed by atoms with Crippen LogP contribution in [0, 0.1) is 0 Å². The zero-order chi connectivity index (χ0) is 23.1. The van der Waals surface area contributed by atoms with Crippen LogP contribution in [0.25, 0.3) is 0 Å². The molecule has 2 aromatic carbocycles. The molecular weight excluding hydrogens is 434 g/mol. The Kier molecular flexibility index (Phi) is 7.70. The molecule has 9 nitrogen and oxygen atoms in total. The normalized spacial score (nSPS) is 14.1. The average molecular weight is 462 g/mol. The molecule has 0 atom stereocenters. The molecule has 0 aliphatic heterocycles. The summed E-state index contributed by atoms with van der Waals surface area (Å²) in [6, 6.07) is 10.4. The Morgan fingerprint density at radius 1 is 0.969 bits per heavy atom. The summed E-state index contributed by atoms with van der Waals surface area (Å²) in [6.45, 7) is 2.37. The van der Waals surface area contributed by atoms with E-state index < -0.39 is 21.8 Å². The molecule has 3 N–H and O–H groups in total. The molecule has 3 rings (SSSR count). The van der Waals surface area contributed by atoms with Crippen molar-refractivity contribution < 1.29 is 27.5 Å². The van der Waals surface area contributed by atoms with Crippen LogP contribution >= 0.6 is 0 Å². The fourth-order valence-corrected chi connectivity index (χ4v) is 4.98. The van der Waals surface area contributed by atoms with Crippen molar-refractivity contribution in [3.8, 4) is 11.5 Å². The molecule has 1 aliphatic carbocycles. The standard InChI is InChI=1S/C22H27N3O6S/c1-3-31-18-11-8-15(9-12-18)21(26)23-24-22(27)16-10-13-19(30-2)20(14-16)32(28,29)25-17-6-4-5-7-17/h8-14,17,25H,3-7H2,1-2H3,(H,23,26)(H,24,27). The van der Waals surface area contributed by atoms with Crippen molar-refractivity contribution in [2.75, 3.05) is 13.7 Å². The number of hydrogen-bond donors (Lipinski definition) is 3. The summed E-state index contributed by atoms with van der Waals surface area (Å²) in [5, 5.41) is 0. The van der Waals surface area contributed by atoms with Crippen LogP contribution in [0.2, 0.25) is 0 Å². The smallest absolute Gasteiger partial charge is 0.269 e. The molecule has 10 heteroatoms. The predicted molar refractivity (Wildman–Crippen MR) is 118 cm³/mol. The lowest BCUT2D eigenvalue weighted by atomic mass is 10.2. The fraction of sp³-hybridized carbons (Fsp3) is 0.364. The first kappa shape index (κ1) is 23.6. The van der Waals surface area contributed by atoms with E-state index in [4.69, 9.17) is 9.47 Å². The number of nitrogens with one attached hydrogen (secondary N) is 3. The lowest BCUT2D eigenvalue weighted by Gasteiger charge is -2.16. The van der Waals surface area contributed by atoms with Crippen LogP contribution in [0.3, 0.4) is 0 Å². The SMILES string of the molecule is CCOc1ccc(C(=O)NNC(=O)c2ccc(OC)c(S(=O)(=O)NC3CCCC3)c2)cc1. The molecule has 1 aliphatic rings. The van der Waals surface area contributed by atoms with E-state index in [2.05, 4.69) is 15.6 Å². The molecule has 2 aromatic rings. The topological polar surface area (TPSA) is 123 Å². The van der Waals surface area contributed by atoms with Crippen molar-refractivity contribution in [3.63, 3.8) is 0 Å². The number of hydrogen-bond acceptors (Lipinski definition) is 6. The van der Waals surface area contributed by atoms with Gasteiger partial charge in [-0.15, -0.1) is 0 Å². The minimum absolute atomic E-state index is 0.0598. The molecule has 0 radical (unpaired) electrons. The Bertz CT molecular complexity index is 1060. The van der Waals surface area contributed by atoms with Gasteiger partial charge in [0.05, 0.1) is 13.7 Å². The van der Waals surface area contributed by atoms with Crippen LogP contribution < -0.4 is 25.0 Å². The van der Waals surface area contributed by atoms with Crippen LogP contribution in [0.15, 0.2) is 47.4 Å². The van der Waals surface area contributed by atoms with Crippen molar-refractivity contribution >= 4 is 21.8 Å². The largest absolute Gasteiger partial charge is 0.495 e. The van der Waals surface area contributed by atoms with Crippen LogP contribution in [-0.2, 0) is 10.0 Å². The van der Waals surface area contributed by atoms with Gasteiger partial charge in [0.15, 0.2) is 0 Å². The van der Waals surface area contributed by atoms with Crippen molar-refractivity contribution in [1.29, 1.82) is 0 Å². The molecule has 172 valence electrons. The van der Waals surface area contributed by atoms with Gasteiger partial charge in [-0.3, -0.25) is 20.4 Å². The number of rotatable bonds is 8. The van der Waals surface area contributed by atoms with Crippen LogP contribution in [0.1, 0.15) is 53.3 Å². The van der Waals surface area contributed by atoms with Crippen LogP contribution in [-0.4, -0.2) is 40.0 Å². The summed E-state index contributed by atoms with van der Waals surface area (Å²) in [4.78, 5) is 24.7. The van der Waals surface area contributed by atoms with Crippen LogP contribution in [0.4, 0.5) is 0 Å². The van der Waals surface area contributed by atoms with E-state index in [0.717, 1.165) is 25.7 Å². The summed E-state index contributed by atoms with van der Waals surface area (Å²) in [5.41, 5.74) is 5.01. The van der Waals surface area contributed by atoms with Gasteiger partial charge >= 0.3 is 0 Å². The number of hydrazine groups is 1. The lowest BCUT2D eigenvalue weighted by Crippen LogP contribution is -2.41. The Hall–Kier alpha value is -3.11. The van der Waals surface area contributed by atoms with E-state index in [9.17, 15) is 18.0 Å². The van der Waals surface area contributed by atoms with Crippen molar-refractivity contribution in [3.05, 3.63) is 53.6 Å². The third-order valence-corrected chi connectivity index (χ3v) is 6.65. The molecule has 0 spiro atoms. The molecule has 0 aromatic heterocycles. The fourth-order valence-electron chi connectivity index (χ4n) is 3.48. The third-order valence-electron chi connectivity index (χ3n) is 5.11. The minimum atomic E-state index is -3.88. The second-order valence-electron chi connectivity index (χ2n) is 7.33. The Morgan fingerprint density at radius 3 is 2.16 bits per heavy atom. The number of carbonyl (C=O) groups excluding carboxylic acids is 2. The second kappa shape index (κ2) is 10.5. The van der Waals surface area contributed by atoms with Gasteiger partial charge in [-0.1, -0.05) is 12.8 Å². The van der Waals surface area contributed by atoms with Gasteiger partial charge in [-0.05, 0) is 62.2 Å². The maximum atomic E-state index is 12.9. The maximum absolute atomic E-state index is 12.9. The highest BCUT2D eigenvalue weighted by Gasteiger charge is 2.26. The van der Waals surface area contributed by atoms with Gasteiger partial charge in [0.25, 0.3) is 11.8 Å². The number of sulfonamides is 1. The zero-order valence-corrected chi connectivity index (χ0v) is 18.8. The van der Waals surface area contributed by atoms with E-state index in [-0.39, 0.29) is 22.3 Å². The van der Waals surface area contributed by atoms with Gasteiger partial charge in [0.1, 0.15) is 16.4 Å². The van der Waals surface area contributed by atoms with Gasteiger partial charge < -0.3 is 9.47 Å². The monoisotopic (exact) mass is 461 g/mol. The number of benzene rings is 2. The molecule has 1 saturated carbocycles. The molecule has 0 bridgehead atoms. The van der Waals surface area contributed by atoms with E-state index in [1.54, 1.807) is 24.3 Å². The Labute approximate surface area is 187 Å². The molecule has 2 amide bonds. The van der Waals surface area contributed by atoms with E-state index in [0.29, 0.717) is 17.9 Å².